The Morgan fingerprint density at radius 2 is 1.46 bits per heavy atom. The fourth-order valence-electron chi connectivity index (χ4n) is 2.71. The summed E-state index contributed by atoms with van der Waals surface area (Å²) in [5.41, 5.74) is -1.96. The molecule has 0 spiro atoms. The molecule has 0 radical (unpaired) electrons. The number of carbonyl (C=O) groups excluding carboxylic acids is 2. The number of aliphatic imine (C=N–C) groups is 1. The van der Waals surface area contributed by atoms with E-state index in [-0.39, 0.29) is 11.5 Å². The van der Waals surface area contributed by atoms with Gasteiger partial charge in [0.25, 0.3) is 0 Å². The van der Waals surface area contributed by atoms with Crippen LogP contribution in [0.1, 0.15) is 88.5 Å². The molecule has 6 nitrogen and oxygen atoms in total. The van der Waals surface area contributed by atoms with Crippen LogP contribution in [0, 0.1) is 11.8 Å². The summed E-state index contributed by atoms with van der Waals surface area (Å²) < 4.78 is 11.4. The lowest BCUT2D eigenvalue weighted by atomic mass is 9.85. The molecule has 0 aromatic heterocycles. The lowest BCUT2D eigenvalue weighted by molar-refractivity contribution is -0.187. The molecule has 0 bridgehead atoms. The highest BCUT2D eigenvalue weighted by Gasteiger charge is 2.43. The van der Waals surface area contributed by atoms with Crippen molar-refractivity contribution in [3.05, 3.63) is 0 Å². The summed E-state index contributed by atoms with van der Waals surface area (Å²) in [4.78, 5) is 29.4. The Balaban J connectivity index is 5.50. The third-order valence-corrected chi connectivity index (χ3v) is 5.38. The zero-order valence-electron chi connectivity index (χ0n) is 19.5. The number of hydrogen-bond acceptors (Lipinski definition) is 6. The van der Waals surface area contributed by atoms with Crippen molar-refractivity contribution in [3.8, 4) is 0 Å². The van der Waals surface area contributed by atoms with E-state index in [0.717, 1.165) is 6.42 Å². The second kappa shape index (κ2) is 10.4. The first-order chi connectivity index (χ1) is 12.6. The molecule has 0 aromatic rings. The van der Waals surface area contributed by atoms with Crippen molar-refractivity contribution in [2.24, 2.45) is 16.8 Å². The number of aliphatic hydroxyl groups excluding tert-OH is 1. The van der Waals surface area contributed by atoms with Crippen LogP contribution in [0.5, 0.6) is 0 Å². The Morgan fingerprint density at radius 3 is 1.86 bits per heavy atom. The zero-order valence-corrected chi connectivity index (χ0v) is 19.5. The Morgan fingerprint density at radius 1 is 0.964 bits per heavy atom. The molecule has 164 valence electrons. The second-order valence-electron chi connectivity index (χ2n) is 9.21. The number of esters is 2. The molecule has 0 fully saturated rings. The summed E-state index contributed by atoms with van der Waals surface area (Å²) in [7, 11) is 0. The van der Waals surface area contributed by atoms with Crippen LogP contribution in [-0.2, 0) is 19.1 Å². The predicted molar refractivity (Wildman–Crippen MR) is 112 cm³/mol. The molecule has 0 rings (SSSR count). The molecule has 0 aliphatic heterocycles. The van der Waals surface area contributed by atoms with Crippen LogP contribution in [0.25, 0.3) is 0 Å². The van der Waals surface area contributed by atoms with Crippen molar-refractivity contribution in [2.45, 2.75) is 111 Å². The molecule has 0 saturated heterocycles. The van der Waals surface area contributed by atoms with Crippen LogP contribution in [0.4, 0.5) is 0 Å². The molecule has 0 aliphatic carbocycles. The minimum absolute atomic E-state index is 0.0734. The van der Waals surface area contributed by atoms with Crippen LogP contribution >= 0.6 is 0 Å². The summed E-state index contributed by atoms with van der Waals surface area (Å²) in [5, 5.41) is 9.45. The first kappa shape index (κ1) is 26.6. The molecular formula is C22H41NO5. The normalized spacial score (nSPS) is 20.0. The van der Waals surface area contributed by atoms with E-state index in [1.807, 2.05) is 54.7 Å². The van der Waals surface area contributed by atoms with Gasteiger partial charge in [0.2, 0.25) is 0 Å². The molecular weight excluding hydrogens is 358 g/mol. The van der Waals surface area contributed by atoms with Gasteiger partial charge >= 0.3 is 11.9 Å². The molecule has 1 N–H and O–H groups in total. The average molecular weight is 400 g/mol. The largest absolute Gasteiger partial charge is 0.458 e. The van der Waals surface area contributed by atoms with E-state index >= 15 is 0 Å². The fourth-order valence-corrected chi connectivity index (χ4v) is 2.71. The monoisotopic (exact) mass is 399 g/mol. The van der Waals surface area contributed by atoms with Crippen LogP contribution < -0.4 is 0 Å². The summed E-state index contributed by atoms with van der Waals surface area (Å²) >= 11 is 0. The Bertz CT molecular complexity index is 552. The Labute approximate surface area is 171 Å². The van der Waals surface area contributed by atoms with Gasteiger partial charge in [-0.25, -0.2) is 4.79 Å². The van der Waals surface area contributed by atoms with Gasteiger partial charge in [-0.1, -0.05) is 27.2 Å². The maximum absolute atomic E-state index is 13.0. The number of ether oxygens (including phenoxy) is 2. The minimum Gasteiger partial charge on any atom is -0.458 e. The third kappa shape index (κ3) is 7.90. The summed E-state index contributed by atoms with van der Waals surface area (Å²) in [6.45, 7) is 18.6. The van der Waals surface area contributed by atoms with Crippen LogP contribution in [-0.4, -0.2) is 46.1 Å². The molecule has 0 aromatic carbocycles. The van der Waals surface area contributed by atoms with E-state index in [1.165, 1.54) is 6.92 Å². The maximum Gasteiger partial charge on any atom is 0.335 e. The first-order valence-corrected chi connectivity index (χ1v) is 10.3. The molecule has 0 saturated carbocycles. The van der Waals surface area contributed by atoms with Gasteiger partial charge in [-0.3, -0.25) is 9.79 Å². The molecule has 28 heavy (non-hydrogen) atoms. The highest BCUT2D eigenvalue weighted by Crippen LogP contribution is 2.32. The fraction of sp³-hybridized carbons (Fsp3) is 0.864. The van der Waals surface area contributed by atoms with E-state index < -0.39 is 35.2 Å². The molecule has 0 aliphatic rings. The van der Waals surface area contributed by atoms with E-state index in [4.69, 9.17) is 9.47 Å². The van der Waals surface area contributed by atoms with E-state index in [1.54, 1.807) is 13.8 Å². The number of aliphatic hydroxyl groups is 1. The van der Waals surface area contributed by atoms with Gasteiger partial charge in [-0.2, -0.15) is 0 Å². The quantitative estimate of drug-likeness (QED) is 0.437. The summed E-state index contributed by atoms with van der Waals surface area (Å²) in [6, 6.07) is 0. The maximum atomic E-state index is 13.0. The highest BCUT2D eigenvalue weighted by molar-refractivity contribution is 5.77. The smallest absolute Gasteiger partial charge is 0.335 e. The van der Waals surface area contributed by atoms with Crippen molar-refractivity contribution in [1.29, 1.82) is 0 Å². The summed E-state index contributed by atoms with van der Waals surface area (Å²) in [6.07, 6.45) is 2.59. The number of nitrogens with zero attached hydrogens (tertiary/aromatic N) is 1. The van der Waals surface area contributed by atoms with Crippen LogP contribution in [0.15, 0.2) is 4.99 Å². The molecule has 5 atom stereocenters. The third-order valence-electron chi connectivity index (χ3n) is 5.38. The SMILES string of the molecule is CCCC(C)(OC(=O)C(C)C(C)(CC)OC(=O)C(C)O)C(C)/C=N/C(C)(C)C. The molecule has 5 unspecified atom stereocenters. The number of hydrogen-bond donors (Lipinski definition) is 1. The lowest BCUT2D eigenvalue weighted by Crippen LogP contribution is -2.48. The van der Waals surface area contributed by atoms with E-state index in [9.17, 15) is 14.7 Å². The van der Waals surface area contributed by atoms with Gasteiger partial charge in [-0.05, 0) is 61.3 Å². The standard InChI is InChI=1S/C22H41NO5/c1-11-13-22(10,15(3)14-23-20(6,7)8)27-18(25)16(4)21(9,12-2)28-19(26)17(5)24/h14-17,24H,11-13H2,1-10H3/b23-14+. The first-order valence-electron chi connectivity index (χ1n) is 10.3. The van der Waals surface area contributed by atoms with E-state index in [2.05, 4.69) is 4.99 Å². The van der Waals surface area contributed by atoms with Crippen molar-refractivity contribution >= 4 is 18.2 Å². The average Bonchev–Trinajstić information content (AvgIpc) is 2.57. The van der Waals surface area contributed by atoms with Crippen molar-refractivity contribution < 1.29 is 24.2 Å². The minimum atomic E-state index is -1.24. The van der Waals surface area contributed by atoms with E-state index in [0.29, 0.717) is 12.8 Å². The topological polar surface area (TPSA) is 85.2 Å². The highest BCUT2D eigenvalue weighted by atomic mass is 16.6. The van der Waals surface area contributed by atoms with Gasteiger partial charge in [0.15, 0.2) is 0 Å². The van der Waals surface area contributed by atoms with Crippen molar-refractivity contribution in [1.82, 2.24) is 0 Å². The van der Waals surface area contributed by atoms with Gasteiger partial charge < -0.3 is 14.6 Å². The van der Waals surface area contributed by atoms with Gasteiger partial charge in [-0.15, -0.1) is 0 Å². The van der Waals surface area contributed by atoms with Crippen LogP contribution in [0.2, 0.25) is 0 Å². The molecule has 0 amide bonds. The Hall–Kier alpha value is -1.43. The van der Waals surface area contributed by atoms with Gasteiger partial charge in [0.05, 0.1) is 11.5 Å². The number of rotatable bonds is 10. The van der Waals surface area contributed by atoms with Gasteiger partial charge in [0, 0.05) is 12.1 Å². The zero-order chi connectivity index (χ0) is 22.3. The Kier molecular flexibility index (Phi) is 9.85. The number of carbonyl (C=O) groups is 2. The lowest BCUT2D eigenvalue weighted by Gasteiger charge is -2.38. The second-order valence-corrected chi connectivity index (χ2v) is 9.21. The van der Waals surface area contributed by atoms with Crippen molar-refractivity contribution in [2.75, 3.05) is 0 Å². The molecule has 0 heterocycles. The summed E-state index contributed by atoms with van der Waals surface area (Å²) in [5.74, 6) is -1.92. The van der Waals surface area contributed by atoms with Crippen LogP contribution in [0.3, 0.4) is 0 Å². The van der Waals surface area contributed by atoms with Gasteiger partial charge in [0.1, 0.15) is 17.3 Å². The predicted octanol–water partition coefficient (Wildman–Crippen LogP) is 4.32. The molecule has 6 heteroatoms. The van der Waals surface area contributed by atoms with Crippen molar-refractivity contribution in [3.63, 3.8) is 0 Å².